The Hall–Kier alpha value is -7.22. The molecule has 10 rings (SSSR count). The van der Waals surface area contributed by atoms with Crippen LogP contribution in [0.2, 0.25) is 0 Å². The number of nitrogens with one attached hydrogen (secondary N) is 1. The van der Waals surface area contributed by atoms with E-state index in [2.05, 4.69) is 237 Å². The molecule has 282 valence electrons. The Morgan fingerprint density at radius 1 is 0.610 bits per heavy atom. The van der Waals surface area contributed by atoms with E-state index in [4.69, 9.17) is 0 Å². The fourth-order valence-electron chi connectivity index (χ4n) is 9.45. The van der Waals surface area contributed by atoms with Crippen molar-refractivity contribution in [3.63, 3.8) is 0 Å². The fraction of sp³-hybridized carbons (Fsp3) is 0.0690. The van der Waals surface area contributed by atoms with Gasteiger partial charge in [0.25, 0.3) is 0 Å². The van der Waals surface area contributed by atoms with Crippen LogP contribution in [0.5, 0.6) is 0 Å². The molecule has 0 saturated carbocycles. The zero-order valence-electron chi connectivity index (χ0n) is 33.2. The number of anilines is 1. The zero-order chi connectivity index (χ0) is 39.6. The van der Waals surface area contributed by atoms with Crippen molar-refractivity contribution in [1.82, 2.24) is 0 Å². The molecule has 8 aromatic carbocycles. The number of fused-ring (bicyclic) bond motifs is 6. The molecule has 59 heavy (non-hydrogen) atoms. The Labute approximate surface area is 347 Å². The Balaban J connectivity index is 1.07. The monoisotopic (exact) mass is 755 g/mol. The van der Waals surface area contributed by atoms with Crippen LogP contribution in [0.15, 0.2) is 230 Å². The van der Waals surface area contributed by atoms with Crippen LogP contribution in [-0.4, -0.2) is 0 Å². The van der Waals surface area contributed by atoms with Crippen LogP contribution in [0.25, 0.3) is 55.4 Å². The standard InChI is InChI=1S/C58H45N/c1-41-16-14-23-48(38-41)58(47-21-6-3-7-22-47)56-28-13-12-27-53(56)54-36-30-42(39-57(54)58)29-31-45(55-40-46-19-8-9-24-50(46)51-25-10-11-26-52(51)55)20-15-37-59-49-34-32-44(33-35-49)43-17-4-2-5-18-43/h2-37,39-41,59H,38H2,1H3/b31-29-,37-15+,45-20+. The predicted octanol–water partition coefficient (Wildman–Crippen LogP) is 15.2. The van der Waals surface area contributed by atoms with Crippen molar-refractivity contribution >= 4 is 38.9 Å². The minimum atomic E-state index is -0.378. The quantitative estimate of drug-likeness (QED) is 0.114. The minimum Gasteiger partial charge on any atom is -0.362 e. The van der Waals surface area contributed by atoms with Crippen LogP contribution in [-0.2, 0) is 5.41 Å². The number of allylic oxidation sites excluding steroid dienone is 8. The van der Waals surface area contributed by atoms with Gasteiger partial charge in [-0.25, -0.2) is 0 Å². The number of hydrogen-bond donors (Lipinski definition) is 1. The molecule has 0 radical (unpaired) electrons. The third-order valence-corrected chi connectivity index (χ3v) is 12.2. The average Bonchev–Trinajstić information content (AvgIpc) is 3.60. The lowest BCUT2D eigenvalue weighted by Crippen LogP contribution is -2.31. The summed E-state index contributed by atoms with van der Waals surface area (Å²) in [6.45, 7) is 2.33. The van der Waals surface area contributed by atoms with Gasteiger partial charge in [0.1, 0.15) is 0 Å². The zero-order valence-corrected chi connectivity index (χ0v) is 33.2. The summed E-state index contributed by atoms with van der Waals surface area (Å²) in [5.41, 5.74) is 14.7. The molecule has 1 heteroatoms. The van der Waals surface area contributed by atoms with Gasteiger partial charge in [-0.1, -0.05) is 207 Å². The normalized spacial score (nSPS) is 17.4. The van der Waals surface area contributed by atoms with Crippen molar-refractivity contribution in [2.24, 2.45) is 5.92 Å². The van der Waals surface area contributed by atoms with Crippen LogP contribution < -0.4 is 5.32 Å². The third kappa shape index (κ3) is 6.65. The first-order chi connectivity index (χ1) is 29.2. The SMILES string of the molecule is CC1C=CC=C(C2(c3ccccc3)c3ccccc3-c3ccc(\C=C/C(=C\C=C\Nc4ccc(-c5ccccc5)cc4)c4cc5ccccc5c5ccccc45)cc32)C1. The summed E-state index contributed by atoms with van der Waals surface area (Å²) in [7, 11) is 0. The smallest absolute Gasteiger partial charge is 0.0676 e. The molecule has 0 spiro atoms. The Kier molecular flexibility index (Phi) is 9.56. The molecule has 0 fully saturated rings. The molecule has 2 aliphatic rings. The predicted molar refractivity (Wildman–Crippen MR) is 252 cm³/mol. The van der Waals surface area contributed by atoms with Gasteiger partial charge in [0.05, 0.1) is 5.41 Å². The van der Waals surface area contributed by atoms with Gasteiger partial charge < -0.3 is 5.32 Å². The van der Waals surface area contributed by atoms with Crippen molar-refractivity contribution in [3.8, 4) is 22.3 Å². The minimum absolute atomic E-state index is 0.378. The van der Waals surface area contributed by atoms with Gasteiger partial charge in [0, 0.05) is 11.9 Å². The van der Waals surface area contributed by atoms with E-state index in [9.17, 15) is 0 Å². The lowest BCUT2D eigenvalue weighted by molar-refractivity contribution is 0.615. The molecule has 1 nitrogen and oxygen atoms in total. The summed E-state index contributed by atoms with van der Waals surface area (Å²) in [6.07, 6.45) is 19.0. The van der Waals surface area contributed by atoms with Crippen LogP contribution in [0.4, 0.5) is 5.69 Å². The van der Waals surface area contributed by atoms with Gasteiger partial charge in [0.15, 0.2) is 0 Å². The summed E-state index contributed by atoms with van der Waals surface area (Å²) in [5, 5.41) is 8.50. The highest BCUT2D eigenvalue weighted by Crippen LogP contribution is 2.58. The second-order valence-corrected chi connectivity index (χ2v) is 15.8. The second kappa shape index (κ2) is 15.6. The van der Waals surface area contributed by atoms with Crippen LogP contribution in [0.1, 0.15) is 41.2 Å². The van der Waals surface area contributed by atoms with Gasteiger partial charge in [-0.2, -0.15) is 0 Å². The maximum Gasteiger partial charge on any atom is 0.0676 e. The van der Waals surface area contributed by atoms with Gasteiger partial charge in [-0.15, -0.1) is 0 Å². The van der Waals surface area contributed by atoms with Crippen molar-refractivity contribution in [1.29, 1.82) is 0 Å². The van der Waals surface area contributed by atoms with Gasteiger partial charge >= 0.3 is 0 Å². The molecule has 1 N–H and O–H groups in total. The van der Waals surface area contributed by atoms with E-state index in [1.165, 1.54) is 77.2 Å². The van der Waals surface area contributed by atoms with E-state index in [1.807, 2.05) is 6.20 Å². The van der Waals surface area contributed by atoms with E-state index >= 15 is 0 Å². The fourth-order valence-corrected chi connectivity index (χ4v) is 9.45. The first kappa shape index (κ1) is 36.1. The molecular formula is C58H45N. The topological polar surface area (TPSA) is 12.0 Å². The number of rotatable bonds is 9. The molecule has 2 unspecified atom stereocenters. The number of benzene rings is 8. The summed E-state index contributed by atoms with van der Waals surface area (Å²) >= 11 is 0. The van der Waals surface area contributed by atoms with E-state index < -0.39 is 0 Å². The third-order valence-electron chi connectivity index (χ3n) is 12.2. The molecule has 0 heterocycles. The Morgan fingerprint density at radius 2 is 1.29 bits per heavy atom. The summed E-state index contributed by atoms with van der Waals surface area (Å²) in [4.78, 5) is 0. The summed E-state index contributed by atoms with van der Waals surface area (Å²) in [5.74, 6) is 0.468. The van der Waals surface area contributed by atoms with E-state index in [1.54, 1.807) is 0 Å². The number of hydrogen-bond acceptors (Lipinski definition) is 1. The second-order valence-electron chi connectivity index (χ2n) is 15.8. The van der Waals surface area contributed by atoms with Crippen LogP contribution in [0, 0.1) is 5.92 Å². The molecule has 0 saturated heterocycles. The summed E-state index contributed by atoms with van der Waals surface area (Å²) < 4.78 is 0. The first-order valence-electron chi connectivity index (χ1n) is 20.7. The summed E-state index contributed by atoms with van der Waals surface area (Å²) in [6, 6.07) is 66.3. The van der Waals surface area contributed by atoms with Gasteiger partial charge in [-0.3, -0.25) is 0 Å². The van der Waals surface area contributed by atoms with Gasteiger partial charge in [-0.05, 0) is 120 Å². The molecule has 2 atom stereocenters. The van der Waals surface area contributed by atoms with Crippen molar-refractivity contribution < 1.29 is 0 Å². The maximum atomic E-state index is 3.51. The molecule has 0 amide bonds. The van der Waals surface area contributed by atoms with Crippen molar-refractivity contribution in [3.05, 3.63) is 258 Å². The molecule has 8 aromatic rings. The molecule has 0 aliphatic heterocycles. The van der Waals surface area contributed by atoms with Crippen LogP contribution >= 0.6 is 0 Å². The molecule has 0 bridgehead atoms. The molecular weight excluding hydrogens is 711 g/mol. The van der Waals surface area contributed by atoms with E-state index in [0.29, 0.717) is 5.92 Å². The average molecular weight is 756 g/mol. The molecule has 2 aliphatic carbocycles. The molecule has 0 aromatic heterocycles. The van der Waals surface area contributed by atoms with E-state index in [-0.39, 0.29) is 5.41 Å². The first-order valence-corrected chi connectivity index (χ1v) is 20.7. The lowest BCUT2D eigenvalue weighted by Gasteiger charge is -2.37. The highest BCUT2D eigenvalue weighted by atomic mass is 14.8. The van der Waals surface area contributed by atoms with Crippen LogP contribution in [0.3, 0.4) is 0 Å². The maximum absolute atomic E-state index is 3.51. The highest BCUT2D eigenvalue weighted by Gasteiger charge is 2.47. The largest absolute Gasteiger partial charge is 0.362 e. The van der Waals surface area contributed by atoms with Crippen molar-refractivity contribution in [2.45, 2.75) is 18.8 Å². The Morgan fingerprint density at radius 3 is 2.10 bits per heavy atom. The van der Waals surface area contributed by atoms with Gasteiger partial charge in [0.2, 0.25) is 0 Å². The lowest BCUT2D eigenvalue weighted by atomic mass is 9.64. The van der Waals surface area contributed by atoms with E-state index in [0.717, 1.165) is 17.7 Å². The highest BCUT2D eigenvalue weighted by molar-refractivity contribution is 6.12. The van der Waals surface area contributed by atoms with Crippen molar-refractivity contribution in [2.75, 3.05) is 5.32 Å². The Bertz CT molecular complexity index is 2980.